The SMILES string of the molecule is Cc1c(C(=O)NCc2nc(-c3ccncc3)no2)oc2ccc(Cl)cc12. The van der Waals surface area contributed by atoms with Crippen LogP contribution in [-0.2, 0) is 6.54 Å². The van der Waals surface area contributed by atoms with Crippen LogP contribution in [0.2, 0.25) is 5.02 Å². The molecular weight excluding hydrogens is 356 g/mol. The van der Waals surface area contributed by atoms with Crippen LogP contribution in [0.1, 0.15) is 22.0 Å². The third-order valence-electron chi connectivity index (χ3n) is 3.91. The Balaban J connectivity index is 1.49. The first kappa shape index (κ1) is 16.3. The zero-order valence-electron chi connectivity index (χ0n) is 13.7. The maximum Gasteiger partial charge on any atom is 0.287 e. The topological polar surface area (TPSA) is 94.1 Å². The van der Waals surface area contributed by atoms with Crippen LogP contribution in [0.25, 0.3) is 22.4 Å². The van der Waals surface area contributed by atoms with Crippen molar-refractivity contribution in [1.29, 1.82) is 0 Å². The number of furan rings is 1. The van der Waals surface area contributed by atoms with Crippen molar-refractivity contribution in [2.45, 2.75) is 13.5 Å². The minimum absolute atomic E-state index is 0.0914. The van der Waals surface area contributed by atoms with E-state index < -0.39 is 0 Å². The van der Waals surface area contributed by atoms with Crippen LogP contribution in [0.5, 0.6) is 0 Å². The van der Waals surface area contributed by atoms with E-state index in [1.54, 1.807) is 42.7 Å². The minimum atomic E-state index is -0.363. The number of hydrogen-bond donors (Lipinski definition) is 1. The van der Waals surface area contributed by atoms with Crippen LogP contribution < -0.4 is 5.32 Å². The smallest absolute Gasteiger partial charge is 0.287 e. The third kappa shape index (κ3) is 3.04. The van der Waals surface area contributed by atoms with Crippen molar-refractivity contribution in [1.82, 2.24) is 20.4 Å². The van der Waals surface area contributed by atoms with Gasteiger partial charge in [-0.3, -0.25) is 9.78 Å². The number of nitrogens with one attached hydrogen (secondary N) is 1. The molecule has 0 spiro atoms. The Morgan fingerprint density at radius 2 is 2.04 bits per heavy atom. The molecule has 0 aliphatic carbocycles. The molecule has 0 atom stereocenters. The van der Waals surface area contributed by atoms with Gasteiger partial charge in [0.25, 0.3) is 5.91 Å². The van der Waals surface area contributed by atoms with E-state index in [-0.39, 0.29) is 18.2 Å². The van der Waals surface area contributed by atoms with Gasteiger partial charge in [-0.05, 0) is 37.3 Å². The minimum Gasteiger partial charge on any atom is -0.451 e. The van der Waals surface area contributed by atoms with Gasteiger partial charge in [-0.2, -0.15) is 4.98 Å². The van der Waals surface area contributed by atoms with E-state index in [0.29, 0.717) is 22.3 Å². The standard InChI is InChI=1S/C18H13ClN4O3/c1-10-13-8-12(19)2-3-14(13)25-16(10)18(24)21-9-15-22-17(23-26-15)11-4-6-20-7-5-11/h2-8H,9H2,1H3,(H,21,24). The molecule has 1 aromatic carbocycles. The van der Waals surface area contributed by atoms with Crippen LogP contribution >= 0.6 is 11.6 Å². The second kappa shape index (κ2) is 6.61. The fourth-order valence-electron chi connectivity index (χ4n) is 2.59. The summed E-state index contributed by atoms with van der Waals surface area (Å²) in [6.07, 6.45) is 3.29. The van der Waals surface area contributed by atoms with Crippen LogP contribution in [-0.4, -0.2) is 21.0 Å². The van der Waals surface area contributed by atoms with Crippen molar-refractivity contribution < 1.29 is 13.7 Å². The zero-order chi connectivity index (χ0) is 18.1. The Morgan fingerprint density at radius 3 is 2.85 bits per heavy atom. The predicted octanol–water partition coefficient (Wildman–Crippen LogP) is 3.77. The van der Waals surface area contributed by atoms with Gasteiger partial charge < -0.3 is 14.3 Å². The van der Waals surface area contributed by atoms with E-state index in [2.05, 4.69) is 20.4 Å². The molecule has 0 radical (unpaired) electrons. The average Bonchev–Trinajstić information content (AvgIpc) is 3.26. The molecule has 0 saturated carbocycles. The first-order valence-corrected chi connectivity index (χ1v) is 8.19. The van der Waals surface area contributed by atoms with Gasteiger partial charge in [-0.1, -0.05) is 16.8 Å². The lowest BCUT2D eigenvalue weighted by Gasteiger charge is -2.00. The molecule has 0 unspecified atom stereocenters. The van der Waals surface area contributed by atoms with Gasteiger partial charge in [0.1, 0.15) is 5.58 Å². The number of pyridine rings is 1. The van der Waals surface area contributed by atoms with E-state index in [9.17, 15) is 4.79 Å². The highest BCUT2D eigenvalue weighted by Crippen LogP contribution is 2.27. The summed E-state index contributed by atoms with van der Waals surface area (Å²) in [4.78, 5) is 20.6. The number of carbonyl (C=O) groups is 1. The first-order valence-electron chi connectivity index (χ1n) is 7.81. The molecular formula is C18H13ClN4O3. The molecule has 4 rings (SSSR count). The monoisotopic (exact) mass is 368 g/mol. The van der Waals surface area contributed by atoms with Crippen LogP contribution in [0, 0.1) is 6.92 Å². The fraction of sp³-hybridized carbons (Fsp3) is 0.111. The number of carbonyl (C=O) groups excluding carboxylic acids is 1. The number of aryl methyl sites for hydroxylation is 1. The molecule has 7 nitrogen and oxygen atoms in total. The van der Waals surface area contributed by atoms with Crippen molar-refractivity contribution in [2.75, 3.05) is 0 Å². The third-order valence-corrected chi connectivity index (χ3v) is 4.15. The molecule has 26 heavy (non-hydrogen) atoms. The largest absolute Gasteiger partial charge is 0.451 e. The van der Waals surface area contributed by atoms with Crippen molar-refractivity contribution in [3.05, 3.63) is 65.0 Å². The molecule has 0 bridgehead atoms. The Kier molecular flexibility index (Phi) is 4.14. The van der Waals surface area contributed by atoms with Crippen molar-refractivity contribution in [3.8, 4) is 11.4 Å². The molecule has 4 aromatic rings. The van der Waals surface area contributed by atoms with Crippen LogP contribution in [0.3, 0.4) is 0 Å². The number of benzene rings is 1. The van der Waals surface area contributed by atoms with E-state index >= 15 is 0 Å². The summed E-state index contributed by atoms with van der Waals surface area (Å²) in [6, 6.07) is 8.77. The number of halogens is 1. The zero-order valence-corrected chi connectivity index (χ0v) is 14.4. The van der Waals surface area contributed by atoms with Crippen molar-refractivity contribution >= 4 is 28.5 Å². The highest BCUT2D eigenvalue weighted by Gasteiger charge is 2.18. The Labute approximate surface area is 153 Å². The molecule has 130 valence electrons. The summed E-state index contributed by atoms with van der Waals surface area (Å²) >= 11 is 6.00. The number of aromatic nitrogens is 3. The molecule has 0 saturated heterocycles. The van der Waals surface area contributed by atoms with Gasteiger partial charge in [-0.15, -0.1) is 0 Å². The number of rotatable bonds is 4. The molecule has 3 heterocycles. The van der Waals surface area contributed by atoms with Gasteiger partial charge in [0.15, 0.2) is 5.76 Å². The lowest BCUT2D eigenvalue weighted by atomic mass is 10.1. The van der Waals surface area contributed by atoms with E-state index in [1.165, 1.54) is 0 Å². The van der Waals surface area contributed by atoms with Gasteiger partial charge in [0.2, 0.25) is 11.7 Å². The number of nitrogens with zero attached hydrogens (tertiary/aromatic N) is 3. The van der Waals surface area contributed by atoms with E-state index in [4.69, 9.17) is 20.5 Å². The molecule has 0 aliphatic heterocycles. The predicted molar refractivity (Wildman–Crippen MR) is 94.7 cm³/mol. The van der Waals surface area contributed by atoms with Crippen LogP contribution in [0.15, 0.2) is 51.7 Å². The summed E-state index contributed by atoms with van der Waals surface area (Å²) in [5.74, 6) is 0.600. The molecule has 1 amide bonds. The number of amides is 1. The summed E-state index contributed by atoms with van der Waals surface area (Å²) in [7, 11) is 0. The normalized spacial score (nSPS) is 11.0. The lowest BCUT2D eigenvalue weighted by molar-refractivity contribution is 0.0920. The first-order chi connectivity index (χ1) is 12.6. The van der Waals surface area contributed by atoms with Gasteiger partial charge in [-0.25, -0.2) is 0 Å². The van der Waals surface area contributed by atoms with Gasteiger partial charge >= 0.3 is 0 Å². The lowest BCUT2D eigenvalue weighted by Crippen LogP contribution is -2.23. The summed E-state index contributed by atoms with van der Waals surface area (Å²) in [5.41, 5.74) is 2.11. The second-order valence-electron chi connectivity index (χ2n) is 5.63. The number of hydrogen-bond acceptors (Lipinski definition) is 6. The number of fused-ring (bicyclic) bond motifs is 1. The maximum atomic E-state index is 12.4. The highest BCUT2D eigenvalue weighted by molar-refractivity contribution is 6.31. The Bertz CT molecular complexity index is 1090. The highest BCUT2D eigenvalue weighted by atomic mass is 35.5. The van der Waals surface area contributed by atoms with E-state index in [0.717, 1.165) is 16.5 Å². The van der Waals surface area contributed by atoms with Crippen molar-refractivity contribution in [3.63, 3.8) is 0 Å². The molecule has 1 N–H and O–H groups in total. The average molecular weight is 369 g/mol. The molecule has 0 fully saturated rings. The second-order valence-corrected chi connectivity index (χ2v) is 6.06. The summed E-state index contributed by atoms with van der Waals surface area (Å²) in [6.45, 7) is 1.90. The molecule has 3 aromatic heterocycles. The Hall–Kier alpha value is -3.19. The van der Waals surface area contributed by atoms with Gasteiger partial charge in [0, 0.05) is 33.9 Å². The van der Waals surface area contributed by atoms with Gasteiger partial charge in [0.05, 0.1) is 6.54 Å². The van der Waals surface area contributed by atoms with Crippen molar-refractivity contribution in [2.24, 2.45) is 0 Å². The molecule has 8 heteroatoms. The van der Waals surface area contributed by atoms with E-state index in [1.807, 2.05) is 6.92 Å². The summed E-state index contributed by atoms with van der Waals surface area (Å²) < 4.78 is 10.8. The maximum absolute atomic E-state index is 12.4. The van der Waals surface area contributed by atoms with Crippen LogP contribution in [0.4, 0.5) is 0 Å². The Morgan fingerprint density at radius 1 is 1.23 bits per heavy atom. The fourth-order valence-corrected chi connectivity index (χ4v) is 2.76. The quantitative estimate of drug-likeness (QED) is 0.589. The summed E-state index contributed by atoms with van der Waals surface area (Å²) in [5, 5.41) is 8.01. The molecule has 0 aliphatic rings.